The minimum atomic E-state index is 0.00632. The molecule has 0 atom stereocenters. The van der Waals surface area contributed by atoms with Crippen molar-refractivity contribution in [2.45, 2.75) is 20.0 Å². The summed E-state index contributed by atoms with van der Waals surface area (Å²) in [6.07, 6.45) is 1.96. The normalized spacial score (nSPS) is 11.1. The second kappa shape index (κ2) is 6.82. The highest BCUT2D eigenvalue weighted by atomic mass is 32.1. The number of carbonyl (C=O) groups excluding carboxylic acids is 1. The van der Waals surface area contributed by atoms with Crippen LogP contribution in [0, 0.1) is 6.92 Å². The van der Waals surface area contributed by atoms with Gasteiger partial charge in [0.25, 0.3) is 0 Å². The second-order valence-electron chi connectivity index (χ2n) is 5.78. The molecule has 3 heterocycles. The van der Waals surface area contributed by atoms with E-state index in [4.69, 9.17) is 0 Å². The van der Waals surface area contributed by atoms with E-state index in [1.807, 2.05) is 48.0 Å². The molecule has 0 saturated carbocycles. The maximum Gasteiger partial charge on any atom is 0.240 e. The molecule has 0 saturated heterocycles. The third kappa shape index (κ3) is 3.36. The maximum absolute atomic E-state index is 12.3. The predicted molar refractivity (Wildman–Crippen MR) is 104 cm³/mol. The number of thiophene rings is 1. The van der Waals surface area contributed by atoms with E-state index in [0.717, 1.165) is 26.5 Å². The quantitative estimate of drug-likeness (QED) is 0.566. The summed E-state index contributed by atoms with van der Waals surface area (Å²) in [5.41, 5.74) is 2.06. The van der Waals surface area contributed by atoms with E-state index in [0.29, 0.717) is 13.1 Å². The van der Waals surface area contributed by atoms with Gasteiger partial charge in [-0.2, -0.15) is 0 Å². The summed E-state index contributed by atoms with van der Waals surface area (Å²) in [5, 5.41) is 7.23. The Labute approximate surface area is 153 Å². The van der Waals surface area contributed by atoms with Gasteiger partial charge in [0.1, 0.15) is 11.6 Å². The third-order valence-corrected chi connectivity index (χ3v) is 6.26. The first-order valence-electron chi connectivity index (χ1n) is 8.01. The van der Waals surface area contributed by atoms with Gasteiger partial charge in [0, 0.05) is 16.6 Å². The molecular weight excluding hydrogens is 350 g/mol. The average Bonchev–Trinajstić information content (AvgIpc) is 3.34. The van der Waals surface area contributed by atoms with Gasteiger partial charge >= 0.3 is 0 Å². The van der Waals surface area contributed by atoms with Crippen molar-refractivity contribution in [3.63, 3.8) is 0 Å². The van der Waals surface area contributed by atoms with Crippen molar-refractivity contribution >= 4 is 39.5 Å². The highest BCUT2D eigenvalue weighted by molar-refractivity contribution is 7.21. The molecule has 126 valence electrons. The zero-order valence-electron chi connectivity index (χ0n) is 13.7. The van der Waals surface area contributed by atoms with Crippen LogP contribution >= 0.6 is 22.7 Å². The van der Waals surface area contributed by atoms with Crippen molar-refractivity contribution in [1.82, 2.24) is 14.9 Å². The van der Waals surface area contributed by atoms with Crippen molar-refractivity contribution in [3.8, 4) is 9.88 Å². The molecular formula is C19H17N3OS2. The number of nitrogens with zero attached hydrogens (tertiary/aromatic N) is 2. The van der Waals surface area contributed by atoms with Gasteiger partial charge < -0.3 is 9.88 Å². The van der Waals surface area contributed by atoms with Gasteiger partial charge in [0.15, 0.2) is 0 Å². The first-order valence-corrected chi connectivity index (χ1v) is 9.71. The Hall–Kier alpha value is -2.44. The van der Waals surface area contributed by atoms with Crippen LogP contribution in [0.5, 0.6) is 0 Å². The predicted octanol–water partition coefficient (Wildman–Crippen LogP) is 4.45. The molecule has 0 unspecified atom stereocenters. The molecule has 6 heteroatoms. The van der Waals surface area contributed by atoms with E-state index in [9.17, 15) is 4.79 Å². The van der Waals surface area contributed by atoms with Gasteiger partial charge in [0.2, 0.25) is 5.91 Å². The molecule has 1 aromatic carbocycles. The Morgan fingerprint density at radius 1 is 1.20 bits per heavy atom. The van der Waals surface area contributed by atoms with Crippen molar-refractivity contribution in [2.24, 2.45) is 0 Å². The first-order chi connectivity index (χ1) is 12.2. The van der Waals surface area contributed by atoms with Gasteiger partial charge in [-0.15, -0.1) is 22.7 Å². The van der Waals surface area contributed by atoms with Crippen LogP contribution in [-0.4, -0.2) is 15.5 Å². The molecule has 0 radical (unpaired) electrons. The summed E-state index contributed by atoms with van der Waals surface area (Å²) in [6.45, 7) is 2.84. The topological polar surface area (TPSA) is 46.9 Å². The molecule has 0 aliphatic heterocycles. The number of aromatic nitrogens is 2. The number of benzene rings is 1. The molecule has 0 aliphatic carbocycles. The fraction of sp³-hybridized carbons (Fsp3) is 0.158. The van der Waals surface area contributed by atoms with Crippen LogP contribution < -0.4 is 5.32 Å². The monoisotopic (exact) mass is 367 g/mol. The number of nitrogens with one attached hydrogen (secondary N) is 1. The lowest BCUT2D eigenvalue weighted by atomic mass is 10.2. The molecule has 0 spiro atoms. The lowest BCUT2D eigenvalue weighted by Gasteiger charge is -2.07. The number of thiazole rings is 1. The van der Waals surface area contributed by atoms with Crippen LogP contribution in [-0.2, 0) is 17.9 Å². The van der Waals surface area contributed by atoms with Gasteiger partial charge in [-0.3, -0.25) is 4.79 Å². The van der Waals surface area contributed by atoms with Gasteiger partial charge in [-0.1, -0.05) is 24.3 Å². The Bertz CT molecular complexity index is 1010. The van der Waals surface area contributed by atoms with Crippen LogP contribution in [0.4, 0.5) is 0 Å². The minimum absolute atomic E-state index is 0.00632. The Morgan fingerprint density at radius 2 is 2.08 bits per heavy atom. The third-order valence-electron chi connectivity index (χ3n) is 4.06. The van der Waals surface area contributed by atoms with Crippen LogP contribution in [0.25, 0.3) is 20.8 Å². The molecule has 0 bridgehead atoms. The van der Waals surface area contributed by atoms with Crippen LogP contribution in [0.1, 0.15) is 10.6 Å². The maximum atomic E-state index is 12.3. The largest absolute Gasteiger partial charge is 0.350 e. The molecule has 3 aromatic heterocycles. The Balaban J connectivity index is 1.42. The number of hydrogen-bond acceptors (Lipinski definition) is 4. The molecule has 4 nitrogen and oxygen atoms in total. The lowest BCUT2D eigenvalue weighted by molar-refractivity contribution is -0.121. The molecule has 4 rings (SSSR count). The van der Waals surface area contributed by atoms with E-state index in [1.165, 1.54) is 4.88 Å². The summed E-state index contributed by atoms with van der Waals surface area (Å²) in [5.74, 6) is 0.00632. The average molecular weight is 367 g/mol. The number of rotatable bonds is 5. The minimum Gasteiger partial charge on any atom is -0.350 e. The smallest absolute Gasteiger partial charge is 0.240 e. The van der Waals surface area contributed by atoms with Crippen LogP contribution in [0.2, 0.25) is 0 Å². The van der Waals surface area contributed by atoms with E-state index >= 15 is 0 Å². The standard InChI is InChI=1S/C19H17N3OS2/c1-13-17(25-19(21-13)16-7-4-10-24-16)11-20-18(23)12-22-9-8-14-5-2-3-6-15(14)22/h2-10H,11-12H2,1H3,(H,20,23). The molecule has 1 amide bonds. The highest BCUT2D eigenvalue weighted by Gasteiger charge is 2.12. The molecule has 25 heavy (non-hydrogen) atoms. The van der Waals surface area contributed by atoms with Crippen molar-refractivity contribution < 1.29 is 4.79 Å². The van der Waals surface area contributed by atoms with Gasteiger partial charge in [-0.25, -0.2) is 4.98 Å². The first kappa shape index (κ1) is 16.1. The summed E-state index contributed by atoms with van der Waals surface area (Å²) < 4.78 is 1.97. The SMILES string of the molecule is Cc1nc(-c2cccs2)sc1CNC(=O)Cn1ccc2ccccc21. The van der Waals surface area contributed by atoms with Gasteiger partial charge in [0.05, 0.1) is 17.1 Å². The van der Waals surface area contributed by atoms with E-state index in [1.54, 1.807) is 22.7 Å². The summed E-state index contributed by atoms with van der Waals surface area (Å²) in [7, 11) is 0. The number of para-hydroxylation sites is 1. The zero-order valence-corrected chi connectivity index (χ0v) is 15.4. The molecule has 4 aromatic rings. The number of amides is 1. The van der Waals surface area contributed by atoms with E-state index < -0.39 is 0 Å². The van der Waals surface area contributed by atoms with E-state index in [2.05, 4.69) is 27.8 Å². The zero-order chi connectivity index (χ0) is 17.2. The fourth-order valence-corrected chi connectivity index (χ4v) is 4.56. The Morgan fingerprint density at radius 3 is 2.92 bits per heavy atom. The molecule has 0 aliphatic rings. The van der Waals surface area contributed by atoms with Crippen LogP contribution in [0.3, 0.4) is 0 Å². The van der Waals surface area contributed by atoms with Crippen molar-refractivity contribution in [2.75, 3.05) is 0 Å². The second-order valence-corrected chi connectivity index (χ2v) is 7.82. The fourth-order valence-electron chi connectivity index (χ4n) is 2.77. The summed E-state index contributed by atoms with van der Waals surface area (Å²) >= 11 is 3.33. The Kier molecular flexibility index (Phi) is 4.38. The van der Waals surface area contributed by atoms with Crippen LogP contribution in [0.15, 0.2) is 54.0 Å². The number of aryl methyl sites for hydroxylation is 1. The number of carbonyl (C=O) groups is 1. The molecule has 0 fully saturated rings. The molecule has 1 N–H and O–H groups in total. The highest BCUT2D eigenvalue weighted by Crippen LogP contribution is 2.30. The number of hydrogen-bond donors (Lipinski definition) is 1. The number of fused-ring (bicyclic) bond motifs is 1. The summed E-state index contributed by atoms with van der Waals surface area (Å²) in [4.78, 5) is 19.2. The lowest BCUT2D eigenvalue weighted by Crippen LogP contribution is -2.26. The van der Waals surface area contributed by atoms with Crippen molar-refractivity contribution in [3.05, 3.63) is 64.6 Å². The summed E-state index contributed by atoms with van der Waals surface area (Å²) in [6, 6.07) is 14.2. The van der Waals surface area contributed by atoms with Gasteiger partial charge in [-0.05, 0) is 35.9 Å². The van der Waals surface area contributed by atoms with E-state index in [-0.39, 0.29) is 5.91 Å². The van der Waals surface area contributed by atoms with Crippen molar-refractivity contribution in [1.29, 1.82) is 0 Å².